The molecule has 0 aliphatic heterocycles. The first-order chi connectivity index (χ1) is 8.70. The molecule has 2 rings (SSSR count). The van der Waals surface area contributed by atoms with Crippen molar-refractivity contribution in [2.75, 3.05) is 0 Å². The molecule has 0 spiro atoms. The van der Waals surface area contributed by atoms with Crippen LogP contribution in [-0.2, 0) is 6.61 Å². The monoisotopic (exact) mass is 244 g/mol. The van der Waals surface area contributed by atoms with Crippen molar-refractivity contribution in [1.82, 2.24) is 9.97 Å². The van der Waals surface area contributed by atoms with Crippen LogP contribution in [0.4, 0.5) is 0 Å². The number of amidine groups is 1. The summed E-state index contributed by atoms with van der Waals surface area (Å²) in [5.41, 5.74) is 6.22. The molecule has 0 bridgehead atoms. The van der Waals surface area contributed by atoms with Gasteiger partial charge in [0.05, 0.1) is 19.0 Å². The molecule has 0 aliphatic rings. The number of rotatable bonds is 4. The number of aromatic nitrogens is 2. The van der Waals surface area contributed by atoms with Crippen LogP contribution in [0.5, 0.6) is 11.6 Å². The van der Waals surface area contributed by atoms with Crippen LogP contribution in [0.15, 0.2) is 36.7 Å². The van der Waals surface area contributed by atoms with Gasteiger partial charge in [-0.2, -0.15) is 0 Å². The Morgan fingerprint density at radius 3 is 2.67 bits per heavy atom. The maximum atomic E-state index is 9.15. The van der Waals surface area contributed by atoms with Gasteiger partial charge in [-0.05, 0) is 6.07 Å². The summed E-state index contributed by atoms with van der Waals surface area (Å²) in [5.74, 6) is 0.649. The Labute approximate surface area is 104 Å². The van der Waals surface area contributed by atoms with Crippen LogP contribution in [-0.4, -0.2) is 20.9 Å². The Hall–Kier alpha value is -2.47. The molecule has 18 heavy (non-hydrogen) atoms. The molecule has 1 heterocycles. The molecular formula is C12H12N4O2. The fourth-order valence-electron chi connectivity index (χ4n) is 1.35. The van der Waals surface area contributed by atoms with Gasteiger partial charge >= 0.3 is 0 Å². The second kappa shape index (κ2) is 5.24. The molecule has 0 atom stereocenters. The molecule has 0 radical (unpaired) electrons. The van der Waals surface area contributed by atoms with E-state index in [1.165, 1.54) is 12.4 Å². The zero-order chi connectivity index (χ0) is 13.0. The van der Waals surface area contributed by atoms with Crippen LogP contribution < -0.4 is 10.5 Å². The second-order valence-electron chi connectivity index (χ2n) is 3.52. The van der Waals surface area contributed by atoms with Gasteiger partial charge in [0, 0.05) is 5.56 Å². The summed E-state index contributed by atoms with van der Waals surface area (Å²) < 4.78 is 5.49. The van der Waals surface area contributed by atoms with E-state index in [2.05, 4.69) is 9.97 Å². The number of aliphatic hydroxyl groups is 1. The van der Waals surface area contributed by atoms with Crippen LogP contribution in [0.3, 0.4) is 0 Å². The average Bonchev–Trinajstić information content (AvgIpc) is 2.40. The standard InChI is InChI=1S/C12H12N4O2/c13-12(14)9-5-16-11(6-15-9)18-10-4-2-1-3-8(10)7-17/h1-6,17H,7H2,(H3,13,14). The minimum atomic E-state index is -0.148. The Morgan fingerprint density at radius 1 is 1.28 bits per heavy atom. The van der Waals surface area contributed by atoms with Gasteiger partial charge in [0.25, 0.3) is 0 Å². The lowest BCUT2D eigenvalue weighted by atomic mass is 10.2. The SMILES string of the molecule is N=C(N)c1cnc(Oc2ccccc2CO)cn1. The molecule has 0 saturated carbocycles. The largest absolute Gasteiger partial charge is 0.437 e. The summed E-state index contributed by atoms with van der Waals surface area (Å²) in [6, 6.07) is 7.09. The highest BCUT2D eigenvalue weighted by Crippen LogP contribution is 2.23. The van der Waals surface area contributed by atoms with E-state index in [-0.39, 0.29) is 24.0 Å². The molecule has 6 nitrogen and oxygen atoms in total. The summed E-state index contributed by atoms with van der Waals surface area (Å²) in [6.45, 7) is -0.116. The van der Waals surface area contributed by atoms with E-state index < -0.39 is 0 Å². The Kier molecular flexibility index (Phi) is 3.49. The van der Waals surface area contributed by atoms with Crippen molar-refractivity contribution >= 4 is 5.84 Å². The van der Waals surface area contributed by atoms with Crippen molar-refractivity contribution in [3.8, 4) is 11.6 Å². The highest BCUT2D eigenvalue weighted by Gasteiger charge is 2.05. The van der Waals surface area contributed by atoms with E-state index in [0.717, 1.165) is 0 Å². The summed E-state index contributed by atoms with van der Waals surface area (Å²) in [6.07, 6.45) is 2.74. The van der Waals surface area contributed by atoms with Crippen LogP contribution in [0, 0.1) is 5.41 Å². The first kappa shape index (κ1) is 12.0. The van der Waals surface area contributed by atoms with Gasteiger partial charge in [0.1, 0.15) is 17.3 Å². The number of nitrogens with one attached hydrogen (secondary N) is 1. The molecule has 2 aromatic rings. The van der Waals surface area contributed by atoms with Gasteiger partial charge < -0.3 is 15.6 Å². The average molecular weight is 244 g/mol. The molecule has 0 aliphatic carbocycles. The van der Waals surface area contributed by atoms with E-state index in [1.54, 1.807) is 18.2 Å². The van der Waals surface area contributed by atoms with Crippen molar-refractivity contribution in [2.24, 2.45) is 5.73 Å². The van der Waals surface area contributed by atoms with Gasteiger partial charge in [0.2, 0.25) is 5.88 Å². The van der Waals surface area contributed by atoms with Crippen LogP contribution >= 0.6 is 0 Å². The van der Waals surface area contributed by atoms with Crippen molar-refractivity contribution < 1.29 is 9.84 Å². The summed E-state index contributed by atoms with van der Waals surface area (Å²) in [7, 11) is 0. The Morgan fingerprint density at radius 2 is 2.06 bits per heavy atom. The maximum absolute atomic E-state index is 9.15. The quantitative estimate of drug-likeness (QED) is 0.550. The van der Waals surface area contributed by atoms with E-state index in [1.807, 2.05) is 6.07 Å². The number of nitrogens with zero attached hydrogens (tertiary/aromatic N) is 2. The lowest BCUT2D eigenvalue weighted by Gasteiger charge is -2.08. The van der Waals surface area contributed by atoms with Crippen molar-refractivity contribution in [1.29, 1.82) is 5.41 Å². The van der Waals surface area contributed by atoms with Gasteiger partial charge in [0.15, 0.2) is 0 Å². The van der Waals surface area contributed by atoms with Gasteiger partial charge in [-0.3, -0.25) is 5.41 Å². The molecular weight excluding hydrogens is 232 g/mol. The number of nitrogen functional groups attached to an aromatic ring is 1. The van der Waals surface area contributed by atoms with E-state index in [0.29, 0.717) is 11.3 Å². The fourth-order valence-corrected chi connectivity index (χ4v) is 1.35. The molecule has 4 N–H and O–H groups in total. The normalized spacial score (nSPS) is 10.1. The third-order valence-electron chi connectivity index (χ3n) is 2.26. The predicted molar refractivity (Wildman–Crippen MR) is 65.5 cm³/mol. The molecule has 92 valence electrons. The molecule has 0 saturated heterocycles. The number of ether oxygens (including phenoxy) is 1. The van der Waals surface area contributed by atoms with Gasteiger partial charge in [-0.25, -0.2) is 9.97 Å². The van der Waals surface area contributed by atoms with E-state index in [4.69, 9.17) is 21.0 Å². The number of hydrogen-bond donors (Lipinski definition) is 3. The van der Waals surface area contributed by atoms with Crippen molar-refractivity contribution in [2.45, 2.75) is 6.61 Å². The van der Waals surface area contributed by atoms with E-state index >= 15 is 0 Å². The number of hydrogen-bond acceptors (Lipinski definition) is 5. The molecule has 0 unspecified atom stereocenters. The smallest absolute Gasteiger partial charge is 0.237 e. The topological polar surface area (TPSA) is 105 Å². The number of para-hydroxylation sites is 1. The van der Waals surface area contributed by atoms with Gasteiger partial charge in [-0.1, -0.05) is 18.2 Å². The highest BCUT2D eigenvalue weighted by atomic mass is 16.5. The van der Waals surface area contributed by atoms with E-state index in [9.17, 15) is 0 Å². The first-order valence-electron chi connectivity index (χ1n) is 5.24. The van der Waals surface area contributed by atoms with Crippen molar-refractivity contribution in [3.63, 3.8) is 0 Å². The lowest BCUT2D eigenvalue weighted by Crippen LogP contribution is -2.13. The molecule has 0 amide bonds. The predicted octanol–water partition coefficient (Wildman–Crippen LogP) is 1.05. The third kappa shape index (κ3) is 2.61. The van der Waals surface area contributed by atoms with Gasteiger partial charge in [-0.15, -0.1) is 0 Å². The Bertz CT molecular complexity index is 554. The highest BCUT2D eigenvalue weighted by molar-refractivity contribution is 5.92. The Balaban J connectivity index is 2.21. The van der Waals surface area contributed by atoms with Crippen LogP contribution in [0.2, 0.25) is 0 Å². The molecule has 6 heteroatoms. The zero-order valence-corrected chi connectivity index (χ0v) is 9.50. The molecule has 1 aromatic heterocycles. The third-order valence-corrected chi connectivity index (χ3v) is 2.26. The molecule has 1 aromatic carbocycles. The number of aliphatic hydroxyl groups excluding tert-OH is 1. The first-order valence-corrected chi connectivity index (χ1v) is 5.24. The van der Waals surface area contributed by atoms with Crippen molar-refractivity contribution in [3.05, 3.63) is 47.9 Å². The van der Waals surface area contributed by atoms with Crippen LogP contribution in [0.25, 0.3) is 0 Å². The minimum absolute atomic E-state index is 0.116. The summed E-state index contributed by atoms with van der Waals surface area (Å²) >= 11 is 0. The maximum Gasteiger partial charge on any atom is 0.237 e. The minimum Gasteiger partial charge on any atom is -0.437 e. The summed E-state index contributed by atoms with van der Waals surface area (Å²) in [4.78, 5) is 7.91. The number of nitrogens with two attached hydrogens (primary N) is 1. The fraction of sp³-hybridized carbons (Fsp3) is 0.0833. The summed E-state index contributed by atoms with van der Waals surface area (Å²) in [5, 5.41) is 16.3. The second-order valence-corrected chi connectivity index (χ2v) is 3.52. The zero-order valence-electron chi connectivity index (χ0n) is 9.50. The number of benzene rings is 1. The lowest BCUT2D eigenvalue weighted by molar-refractivity contribution is 0.276. The molecule has 0 fully saturated rings. The van der Waals surface area contributed by atoms with Crippen LogP contribution in [0.1, 0.15) is 11.3 Å².